The molecule has 0 aromatic heterocycles. The van der Waals surface area contributed by atoms with Gasteiger partial charge >= 0.3 is 0 Å². The molecular formula is C35H29N7O12S3. The number of phenols is 1. The number of nitrogen functional groups attached to an aromatic ring is 1. The number of benzene rings is 6. The molecule has 0 aliphatic heterocycles. The second-order valence-corrected chi connectivity index (χ2v) is 14.4. The van der Waals surface area contributed by atoms with Crippen molar-refractivity contribution in [2.24, 2.45) is 30.7 Å². The van der Waals surface area contributed by atoms with Crippen molar-refractivity contribution in [3.63, 3.8) is 0 Å². The van der Waals surface area contributed by atoms with Crippen LogP contribution in [-0.4, -0.2) is 42.8 Å². The minimum Gasteiger partial charge on any atom is -0.505 e. The summed E-state index contributed by atoms with van der Waals surface area (Å²) in [6.45, 7) is 1.83. The molecule has 57 heavy (non-hydrogen) atoms. The fraction of sp³-hybridized carbons (Fsp3) is 0.0857. The van der Waals surface area contributed by atoms with Crippen molar-refractivity contribution in [1.29, 1.82) is 0 Å². The van der Waals surface area contributed by atoms with E-state index in [4.69, 9.17) is 25.7 Å². The van der Waals surface area contributed by atoms with E-state index in [2.05, 4.69) is 49.4 Å². The summed E-state index contributed by atoms with van der Waals surface area (Å²) in [5.74, 6) is 0.121. The molecule has 0 bridgehead atoms. The Labute approximate surface area is 331 Å². The molecule has 6 N–H and O–H groups in total. The second kappa shape index (κ2) is 18.0. The Bertz CT molecular complexity index is 2680. The van der Waals surface area contributed by atoms with Crippen LogP contribution in [0.1, 0.15) is 5.56 Å². The van der Waals surface area contributed by atoms with Crippen molar-refractivity contribution < 1.29 is 56.8 Å². The van der Waals surface area contributed by atoms with E-state index in [-0.39, 0.29) is 38.5 Å². The number of ether oxygens (including phenoxy) is 2. The minimum atomic E-state index is -4.70. The van der Waals surface area contributed by atoms with Gasteiger partial charge in [0.05, 0.1) is 66.0 Å². The summed E-state index contributed by atoms with van der Waals surface area (Å²) in [7, 11) is -1.79. The summed E-state index contributed by atoms with van der Waals surface area (Å²) in [5.41, 5.74) is 8.19. The number of fused-ring (bicyclic) bond motifs is 2. The Hall–Kier alpha value is -5.79. The third kappa shape index (κ3) is 9.27. The smallest absolute Gasteiger partial charge is 0.296 e. The number of hydrogen-bond donors (Lipinski definition) is 5. The molecule has 0 unspecified atom stereocenters. The first-order chi connectivity index (χ1) is 27.4. The highest BCUT2D eigenvalue weighted by Crippen LogP contribution is 2.48. The quantitative estimate of drug-likeness (QED) is 0.0161. The van der Waals surface area contributed by atoms with Gasteiger partial charge in [0, 0.05) is 33.2 Å². The number of anilines is 1. The summed E-state index contributed by atoms with van der Waals surface area (Å²) in [6, 6.07) is 22.6. The minimum absolute atomic E-state index is 0.0301. The standard InChI is InChI=1S/C35H29N7O12S3/c1-18-11-28(29(49-2)16-26(18)38-37-20-7-6-8-21(14-20)55-53-51-44)40-39-27-17-30(50-3)33(23-10-5-4-9-22(23)27)41-42-34-31(56-54-52-45)12-19-13-32(57(46,47)48)25(36)15-24(19)35(34)43/h4-17,43-45H,36H2,1-3H3,(H,46,47,48). The molecule has 0 aliphatic rings. The van der Waals surface area contributed by atoms with Crippen LogP contribution in [0.3, 0.4) is 0 Å². The van der Waals surface area contributed by atoms with Gasteiger partial charge in [-0.1, -0.05) is 40.4 Å². The van der Waals surface area contributed by atoms with E-state index in [1.807, 2.05) is 6.92 Å². The van der Waals surface area contributed by atoms with Gasteiger partial charge in [0.1, 0.15) is 33.5 Å². The third-order valence-electron chi connectivity index (χ3n) is 8.06. The monoisotopic (exact) mass is 835 g/mol. The molecule has 6 aromatic carbocycles. The molecule has 22 heteroatoms. The fourth-order valence-corrected chi connectivity index (χ4v) is 7.01. The van der Waals surface area contributed by atoms with Crippen molar-refractivity contribution in [3.8, 4) is 17.2 Å². The Balaban J connectivity index is 1.37. The van der Waals surface area contributed by atoms with Crippen LogP contribution in [0.15, 0.2) is 130 Å². The van der Waals surface area contributed by atoms with Crippen LogP contribution in [0.2, 0.25) is 0 Å². The van der Waals surface area contributed by atoms with E-state index < -0.39 is 20.8 Å². The van der Waals surface area contributed by atoms with Crippen LogP contribution in [0.4, 0.5) is 39.8 Å². The Kier molecular flexibility index (Phi) is 12.9. The molecule has 0 radical (unpaired) electrons. The summed E-state index contributed by atoms with van der Waals surface area (Å²) < 4.78 is 53.7. The molecule has 0 amide bonds. The number of hydrogen-bond acceptors (Lipinski definition) is 20. The first-order valence-electron chi connectivity index (χ1n) is 16.0. The number of nitrogens with zero attached hydrogens (tertiary/aromatic N) is 6. The first-order valence-corrected chi connectivity index (χ1v) is 18.9. The van der Waals surface area contributed by atoms with Gasteiger partial charge in [0.2, 0.25) is 0 Å². The van der Waals surface area contributed by atoms with E-state index in [0.29, 0.717) is 56.2 Å². The zero-order valence-electron chi connectivity index (χ0n) is 29.6. The van der Waals surface area contributed by atoms with Crippen molar-refractivity contribution >= 4 is 95.6 Å². The zero-order chi connectivity index (χ0) is 40.7. The summed E-state index contributed by atoms with van der Waals surface area (Å²) in [6.07, 6.45) is 0. The lowest BCUT2D eigenvalue weighted by atomic mass is 10.1. The van der Waals surface area contributed by atoms with Gasteiger partial charge in [-0.25, -0.2) is 10.5 Å². The average Bonchev–Trinajstić information content (AvgIpc) is 3.20. The number of aromatic hydroxyl groups is 1. The van der Waals surface area contributed by atoms with Gasteiger partial charge in [-0.05, 0) is 60.3 Å². The molecule has 0 saturated carbocycles. The van der Waals surface area contributed by atoms with Crippen molar-refractivity contribution in [3.05, 3.63) is 90.5 Å². The highest BCUT2D eigenvalue weighted by atomic mass is 32.2. The zero-order valence-corrected chi connectivity index (χ0v) is 32.1. The molecule has 0 atom stereocenters. The predicted molar refractivity (Wildman–Crippen MR) is 208 cm³/mol. The summed E-state index contributed by atoms with van der Waals surface area (Å²) >= 11 is 1.23. The molecule has 6 aromatic rings. The van der Waals surface area contributed by atoms with Crippen molar-refractivity contribution in [2.45, 2.75) is 21.6 Å². The second-order valence-electron chi connectivity index (χ2n) is 11.5. The highest BCUT2D eigenvalue weighted by molar-refractivity contribution is 7.95. The lowest BCUT2D eigenvalue weighted by Gasteiger charge is -2.12. The highest BCUT2D eigenvalue weighted by Gasteiger charge is 2.21. The Morgan fingerprint density at radius 1 is 0.667 bits per heavy atom. The molecular weight excluding hydrogens is 807 g/mol. The molecule has 0 saturated heterocycles. The van der Waals surface area contributed by atoms with E-state index >= 15 is 0 Å². The van der Waals surface area contributed by atoms with E-state index in [9.17, 15) is 18.1 Å². The van der Waals surface area contributed by atoms with Gasteiger partial charge in [0.25, 0.3) is 10.1 Å². The SMILES string of the molecule is COc1cc(N=Nc2cccc(SOOO)c2)c(C)cc1N=Nc1cc(OC)c(N=Nc2c(SOOO)cc3cc(S(=O)(=O)O)c(N)cc3c2O)c2ccccc12. The van der Waals surface area contributed by atoms with Crippen molar-refractivity contribution in [2.75, 3.05) is 20.0 Å². The first kappa shape index (κ1) is 40.9. The third-order valence-corrected chi connectivity index (χ3v) is 10.2. The number of rotatable bonds is 15. The van der Waals surface area contributed by atoms with Crippen molar-refractivity contribution in [1.82, 2.24) is 0 Å². The Morgan fingerprint density at radius 3 is 2.05 bits per heavy atom. The van der Waals surface area contributed by atoms with Crippen LogP contribution in [0, 0.1) is 6.92 Å². The number of methoxy groups -OCH3 is 2. The normalized spacial score (nSPS) is 12.2. The maximum Gasteiger partial charge on any atom is 0.296 e. The lowest BCUT2D eigenvalue weighted by Crippen LogP contribution is -2.03. The van der Waals surface area contributed by atoms with Crippen LogP contribution in [0.25, 0.3) is 21.5 Å². The largest absolute Gasteiger partial charge is 0.505 e. The lowest BCUT2D eigenvalue weighted by molar-refractivity contribution is -0.432. The molecule has 0 aliphatic carbocycles. The topological polar surface area (TPSA) is 271 Å². The maximum atomic E-state index is 11.9. The van der Waals surface area contributed by atoms with Gasteiger partial charge in [-0.15, -0.1) is 29.1 Å². The average molecular weight is 836 g/mol. The number of nitrogens with two attached hydrogens (primary N) is 1. The molecule has 294 valence electrons. The summed E-state index contributed by atoms with van der Waals surface area (Å²) in [5, 5.41) is 63.6. The van der Waals surface area contributed by atoms with Crippen LogP contribution < -0.4 is 15.2 Å². The van der Waals surface area contributed by atoms with Gasteiger partial charge < -0.3 is 20.3 Å². The van der Waals surface area contributed by atoms with E-state index in [1.54, 1.807) is 66.7 Å². The van der Waals surface area contributed by atoms with Gasteiger partial charge in [-0.2, -0.15) is 18.6 Å². The van der Waals surface area contributed by atoms with Gasteiger partial charge in [0.15, 0.2) is 5.75 Å². The Morgan fingerprint density at radius 2 is 1.33 bits per heavy atom. The van der Waals surface area contributed by atoms with E-state index in [1.165, 1.54) is 20.3 Å². The number of phenolic OH excluding ortho intramolecular Hbond substituents is 1. The van der Waals surface area contributed by atoms with Crippen LogP contribution >= 0.6 is 24.1 Å². The molecule has 0 fully saturated rings. The van der Waals surface area contributed by atoms with Gasteiger partial charge in [-0.3, -0.25) is 4.55 Å². The molecule has 0 heterocycles. The predicted octanol–water partition coefficient (Wildman–Crippen LogP) is 11.0. The number of aryl methyl sites for hydroxylation is 1. The number of azo groups is 3. The summed E-state index contributed by atoms with van der Waals surface area (Å²) in [4.78, 5) is 0.0685. The maximum absolute atomic E-state index is 11.9. The molecule has 0 spiro atoms. The molecule has 6 rings (SSSR count). The fourth-order valence-electron chi connectivity index (χ4n) is 5.47. The van der Waals surface area contributed by atoms with Crippen LogP contribution in [-0.2, 0) is 28.9 Å². The van der Waals surface area contributed by atoms with E-state index in [0.717, 1.165) is 29.7 Å². The van der Waals surface area contributed by atoms with Crippen LogP contribution in [0.5, 0.6) is 17.2 Å². The molecule has 19 nitrogen and oxygen atoms in total.